The van der Waals surface area contributed by atoms with Gasteiger partial charge in [0.15, 0.2) is 0 Å². The van der Waals surface area contributed by atoms with Crippen LogP contribution in [0.5, 0.6) is 0 Å². The zero-order chi connectivity index (χ0) is 35.9. The van der Waals surface area contributed by atoms with E-state index in [1.807, 2.05) is 12.1 Å². The normalized spacial score (nSPS) is 24.2. The Labute approximate surface area is 290 Å². The van der Waals surface area contributed by atoms with Crippen molar-refractivity contribution in [1.82, 2.24) is 24.7 Å². The number of fused-ring (bicyclic) bond motifs is 1. The summed E-state index contributed by atoms with van der Waals surface area (Å²) < 4.78 is 50.6. The van der Waals surface area contributed by atoms with E-state index in [4.69, 9.17) is 4.74 Å². The lowest BCUT2D eigenvalue weighted by Crippen LogP contribution is -2.54. The molecule has 13 nitrogen and oxygen atoms in total. The van der Waals surface area contributed by atoms with Gasteiger partial charge in [0.05, 0.1) is 27.8 Å². The van der Waals surface area contributed by atoms with Gasteiger partial charge in [-0.2, -0.15) is 0 Å². The number of hydrogen-bond acceptors (Lipinski definition) is 9. The van der Waals surface area contributed by atoms with Gasteiger partial charge in [-0.1, -0.05) is 12.1 Å². The Bertz CT molecular complexity index is 1740. The molecule has 2 aromatic carbocycles. The van der Waals surface area contributed by atoms with Crippen molar-refractivity contribution in [3.63, 3.8) is 0 Å². The molecular formula is C34H40F2N6O7S. The topological polar surface area (TPSA) is 149 Å². The fourth-order valence-electron chi connectivity index (χ4n) is 6.68. The van der Waals surface area contributed by atoms with Gasteiger partial charge in [0.25, 0.3) is 11.8 Å². The number of anilines is 1. The van der Waals surface area contributed by atoms with Crippen molar-refractivity contribution >= 4 is 46.4 Å². The molecule has 0 spiro atoms. The third kappa shape index (κ3) is 7.56. The van der Waals surface area contributed by atoms with Crippen LogP contribution in [-0.2, 0) is 31.9 Å². The molecule has 16 heteroatoms. The number of rotatable bonds is 7. The molecule has 6 rings (SSSR count). The first-order valence-electron chi connectivity index (χ1n) is 16.6. The van der Waals surface area contributed by atoms with E-state index in [0.717, 1.165) is 16.5 Å². The molecule has 4 unspecified atom stereocenters. The predicted octanol–water partition coefficient (Wildman–Crippen LogP) is 2.51. The highest BCUT2D eigenvalue weighted by Crippen LogP contribution is 2.33. The molecule has 0 aromatic heterocycles. The number of nitrogens with one attached hydrogen (secondary N) is 2. The summed E-state index contributed by atoms with van der Waals surface area (Å²) in [5, 5.41) is 4.73. The van der Waals surface area contributed by atoms with Gasteiger partial charge in [-0.15, -0.1) is 0 Å². The smallest absolute Gasteiger partial charge is 0.407 e. The SMILES string of the molecule is CC(C)(C)OC(=O)NC1CCN(S(=O)c2cccc(CN3CCN(c4cc5c(cc4F)C(=O)N(C4CCC(=O)NC4=O)C5=O)CC3)c2)CC1F. The average molecular weight is 715 g/mol. The number of alkyl halides is 1. The van der Waals surface area contributed by atoms with Gasteiger partial charge < -0.3 is 15.0 Å². The minimum absolute atomic E-state index is 0.00905. The Morgan fingerprint density at radius 1 is 1.00 bits per heavy atom. The van der Waals surface area contributed by atoms with E-state index in [0.29, 0.717) is 44.2 Å². The molecule has 268 valence electrons. The third-order valence-electron chi connectivity index (χ3n) is 9.17. The van der Waals surface area contributed by atoms with Gasteiger partial charge >= 0.3 is 6.09 Å². The highest BCUT2D eigenvalue weighted by Gasteiger charge is 2.45. The number of piperazine rings is 1. The fraction of sp³-hybridized carbons (Fsp3) is 0.500. The molecule has 4 aliphatic heterocycles. The molecule has 0 aliphatic carbocycles. The van der Waals surface area contributed by atoms with Crippen molar-refractivity contribution in [2.24, 2.45) is 0 Å². The van der Waals surface area contributed by atoms with Crippen molar-refractivity contribution in [1.29, 1.82) is 0 Å². The minimum atomic E-state index is -1.61. The Morgan fingerprint density at radius 3 is 2.36 bits per heavy atom. The lowest BCUT2D eigenvalue weighted by atomic mass is 10.0. The molecule has 4 aliphatic rings. The number of hydrogen-bond donors (Lipinski definition) is 2. The summed E-state index contributed by atoms with van der Waals surface area (Å²) in [6, 6.07) is 7.83. The van der Waals surface area contributed by atoms with E-state index in [1.54, 1.807) is 42.1 Å². The maximum atomic E-state index is 15.4. The number of carbonyl (C=O) groups excluding carboxylic acids is 5. The zero-order valence-electron chi connectivity index (χ0n) is 28.1. The Hall–Kier alpha value is -4.28. The Kier molecular flexibility index (Phi) is 10.1. The number of amides is 5. The van der Waals surface area contributed by atoms with Crippen molar-refractivity contribution in [3.05, 3.63) is 58.9 Å². The van der Waals surface area contributed by atoms with E-state index < -0.39 is 70.4 Å². The number of benzene rings is 2. The highest BCUT2D eigenvalue weighted by molar-refractivity contribution is 7.82. The largest absolute Gasteiger partial charge is 0.444 e. The lowest BCUT2D eigenvalue weighted by Gasteiger charge is -2.36. The van der Waals surface area contributed by atoms with Gasteiger partial charge in [-0.3, -0.25) is 34.3 Å². The first-order chi connectivity index (χ1) is 23.7. The predicted molar refractivity (Wildman–Crippen MR) is 178 cm³/mol. The monoisotopic (exact) mass is 714 g/mol. The van der Waals surface area contributed by atoms with Crippen molar-refractivity contribution < 1.29 is 41.7 Å². The van der Waals surface area contributed by atoms with Crippen LogP contribution in [0.2, 0.25) is 0 Å². The van der Waals surface area contributed by atoms with E-state index >= 15 is 8.78 Å². The van der Waals surface area contributed by atoms with Crippen LogP contribution < -0.4 is 15.5 Å². The van der Waals surface area contributed by atoms with E-state index in [9.17, 15) is 28.2 Å². The maximum absolute atomic E-state index is 15.4. The molecule has 5 amide bonds. The Balaban J connectivity index is 1.04. The van der Waals surface area contributed by atoms with Crippen LogP contribution in [0.25, 0.3) is 0 Å². The second-order valence-corrected chi connectivity index (χ2v) is 15.4. The molecule has 3 fully saturated rings. The summed E-state index contributed by atoms with van der Waals surface area (Å²) in [5.41, 5.74) is 0.297. The quantitative estimate of drug-likeness (QED) is 0.413. The molecule has 50 heavy (non-hydrogen) atoms. The van der Waals surface area contributed by atoms with Gasteiger partial charge in [0, 0.05) is 52.2 Å². The standard InChI is InChI=1S/C34H40F2N6O7S/c1-34(2,3)49-33(47)37-26-9-10-41(19-25(26)36)50(48)21-6-4-5-20(15-21)18-39-11-13-40(14-12-39)28-17-23-22(16-24(28)35)31(45)42(32(23)46)27-7-8-29(43)38-30(27)44/h4-6,15-17,25-27H,7-14,18-19H2,1-3H3,(H,37,47)(H,38,43,44). The summed E-state index contributed by atoms with van der Waals surface area (Å²) >= 11 is 0. The number of carbonyl (C=O) groups is 5. The first-order valence-corrected chi connectivity index (χ1v) is 17.7. The summed E-state index contributed by atoms with van der Waals surface area (Å²) in [7, 11) is -1.61. The molecule has 2 N–H and O–H groups in total. The van der Waals surface area contributed by atoms with E-state index in [2.05, 4.69) is 15.5 Å². The fourth-order valence-corrected chi connectivity index (χ4v) is 7.97. The summed E-state index contributed by atoms with van der Waals surface area (Å²) in [6.45, 7) is 7.93. The third-order valence-corrected chi connectivity index (χ3v) is 10.6. The molecular weight excluding hydrogens is 674 g/mol. The second-order valence-electron chi connectivity index (χ2n) is 13.9. The van der Waals surface area contributed by atoms with E-state index in [1.165, 1.54) is 6.07 Å². The number of nitrogens with zero attached hydrogens (tertiary/aromatic N) is 4. The molecule has 4 heterocycles. The minimum Gasteiger partial charge on any atom is -0.444 e. The first kappa shape index (κ1) is 35.5. The molecule has 3 saturated heterocycles. The highest BCUT2D eigenvalue weighted by atomic mass is 32.2. The van der Waals surface area contributed by atoms with Gasteiger partial charge in [0.1, 0.15) is 34.6 Å². The summed E-state index contributed by atoms with van der Waals surface area (Å²) in [4.78, 5) is 67.7. The molecule has 0 saturated carbocycles. The molecule has 0 bridgehead atoms. The van der Waals surface area contributed by atoms with Crippen LogP contribution in [0.1, 0.15) is 66.3 Å². The van der Waals surface area contributed by atoms with Gasteiger partial charge in [-0.25, -0.2) is 22.1 Å². The number of imide groups is 2. The van der Waals surface area contributed by atoms with Crippen LogP contribution >= 0.6 is 0 Å². The lowest BCUT2D eigenvalue weighted by molar-refractivity contribution is -0.136. The van der Waals surface area contributed by atoms with Gasteiger partial charge in [-0.05, 0) is 63.4 Å². The number of ether oxygens (including phenoxy) is 1. The maximum Gasteiger partial charge on any atom is 0.407 e. The number of alkyl carbamates (subject to hydrolysis) is 1. The van der Waals surface area contributed by atoms with Crippen LogP contribution in [0, 0.1) is 5.82 Å². The van der Waals surface area contributed by atoms with Crippen molar-refractivity contribution in [2.45, 2.75) is 75.3 Å². The van der Waals surface area contributed by atoms with Crippen LogP contribution in [0.3, 0.4) is 0 Å². The summed E-state index contributed by atoms with van der Waals surface area (Å²) in [6.07, 6.45) is -1.82. The average Bonchev–Trinajstić information content (AvgIpc) is 3.29. The molecule has 0 radical (unpaired) electrons. The van der Waals surface area contributed by atoms with E-state index in [-0.39, 0.29) is 42.6 Å². The Morgan fingerprint density at radius 2 is 1.70 bits per heavy atom. The summed E-state index contributed by atoms with van der Waals surface area (Å²) in [5.74, 6) is -3.31. The van der Waals surface area contributed by atoms with Crippen LogP contribution in [0.4, 0.5) is 19.3 Å². The van der Waals surface area contributed by atoms with Crippen LogP contribution in [0.15, 0.2) is 41.3 Å². The van der Waals surface area contributed by atoms with Crippen molar-refractivity contribution in [3.8, 4) is 0 Å². The molecule has 2 aromatic rings. The molecule has 4 atom stereocenters. The zero-order valence-corrected chi connectivity index (χ0v) is 28.9. The van der Waals surface area contributed by atoms with Crippen LogP contribution in [-0.4, -0.2) is 111 Å². The van der Waals surface area contributed by atoms with Gasteiger partial charge in [0.2, 0.25) is 11.8 Å². The number of halogens is 2. The number of piperidine rings is 2. The van der Waals surface area contributed by atoms with Crippen molar-refractivity contribution in [2.75, 3.05) is 44.2 Å². The second kappa shape index (κ2) is 14.2.